The summed E-state index contributed by atoms with van der Waals surface area (Å²) in [4.78, 5) is 60.4. The van der Waals surface area contributed by atoms with E-state index in [0.717, 1.165) is 0 Å². The monoisotopic (exact) mass is 1070 g/mol. The van der Waals surface area contributed by atoms with Crippen LogP contribution in [0.2, 0.25) is 0 Å². The van der Waals surface area contributed by atoms with Crippen molar-refractivity contribution in [3.8, 4) is 0 Å². The van der Waals surface area contributed by atoms with Crippen LogP contribution in [0.1, 0.15) is 51.8 Å². The molecule has 19 nitrogen and oxygen atoms in total. The molecule has 9 rings (SSSR count). The molecule has 0 radical (unpaired) electrons. The fourth-order valence-electron chi connectivity index (χ4n) is 5.11. The van der Waals surface area contributed by atoms with Crippen LogP contribution in [-0.4, -0.2) is 100 Å². The topological polar surface area (TPSA) is 374 Å². The first-order valence-corrected chi connectivity index (χ1v) is 16.7. The number of carbonyl (C=O) groups is 5. The first-order valence-electron chi connectivity index (χ1n) is 16.7. The summed E-state index contributed by atoms with van der Waals surface area (Å²) in [5.41, 5.74) is 1.21. The number of carboxylic acids is 5. The van der Waals surface area contributed by atoms with Crippen LogP contribution in [-0.2, 0) is 76.5 Å². The summed E-state index contributed by atoms with van der Waals surface area (Å²) in [5.74, 6) is -5.40. The largest absolute Gasteiger partial charge is 2.00 e. The quantitative estimate of drug-likeness (QED) is 0.130. The molecule has 4 fully saturated rings. The third-order valence-electron chi connectivity index (χ3n) is 7.46. The molecular weight excluding hydrogens is 1010 g/mol. The maximum absolute atomic E-state index is 10.2. The molecule has 4 bridgehead atoms. The normalized spacial score (nSPS) is 15.7. The molecule has 4 aliphatic heterocycles. The van der Waals surface area contributed by atoms with E-state index >= 15 is 0 Å². The van der Waals surface area contributed by atoms with Gasteiger partial charge in [-0.25, -0.2) is 4.79 Å². The summed E-state index contributed by atoms with van der Waals surface area (Å²) in [7, 11) is 0. The molecule has 4 saturated heterocycles. The van der Waals surface area contributed by atoms with Crippen LogP contribution in [0.4, 0.5) is 0 Å². The van der Waals surface area contributed by atoms with Gasteiger partial charge in [0.05, 0.1) is 69.5 Å². The molecular formula is C41H52Cd2N4O15+4. The minimum absolute atomic E-state index is 0. The van der Waals surface area contributed by atoms with Crippen molar-refractivity contribution < 1.29 is 131 Å². The zero-order valence-electron chi connectivity index (χ0n) is 33.8. The van der Waals surface area contributed by atoms with E-state index in [0.29, 0.717) is 5.56 Å². The predicted molar refractivity (Wildman–Crippen MR) is 216 cm³/mol. The zero-order chi connectivity index (χ0) is 40.0. The van der Waals surface area contributed by atoms with Crippen LogP contribution < -0.4 is 20.4 Å². The molecule has 326 valence electrons. The number of nitrogens with zero attached hydrogens (tertiary/aromatic N) is 4. The number of hydrogen-bond acceptors (Lipinski definition) is 13. The number of hydrogen-bond donors (Lipinski definition) is 1. The minimum atomic E-state index is -1.13. The summed E-state index contributed by atoms with van der Waals surface area (Å²) >= 11 is 0. The Bertz CT molecular complexity index is 1600. The Morgan fingerprint density at radius 1 is 0.339 bits per heavy atom. The van der Waals surface area contributed by atoms with Crippen molar-refractivity contribution in [2.75, 3.05) is 40.0 Å². The second kappa shape index (κ2) is 36.6. The van der Waals surface area contributed by atoms with Crippen LogP contribution in [0.15, 0.2) is 152 Å². The van der Waals surface area contributed by atoms with Gasteiger partial charge in [0.15, 0.2) is 0 Å². The Morgan fingerprint density at radius 2 is 0.484 bits per heavy atom. The maximum Gasteiger partial charge on any atom is 2.00 e. The molecule has 15 N–H and O–H groups in total. The summed E-state index contributed by atoms with van der Waals surface area (Å²) in [6, 6.07) is 40.5. The summed E-state index contributed by atoms with van der Waals surface area (Å²) in [6.07, 6.45) is 0. The molecule has 4 heterocycles. The average Bonchev–Trinajstić information content (AvgIpc) is 3.20. The third kappa shape index (κ3) is 25.6. The van der Waals surface area contributed by atoms with Crippen molar-refractivity contribution in [1.29, 1.82) is 0 Å². The fraction of sp³-hybridized carbons (Fsp3) is 0.146. The van der Waals surface area contributed by atoms with Crippen molar-refractivity contribution in [2.24, 2.45) is 0 Å². The number of carboxylic acid groups (broad SMARTS) is 5. The van der Waals surface area contributed by atoms with E-state index in [4.69, 9.17) is 5.11 Å². The number of benzene rings is 5. The van der Waals surface area contributed by atoms with Crippen molar-refractivity contribution >= 4 is 29.8 Å². The first-order chi connectivity index (χ1) is 26.4. The van der Waals surface area contributed by atoms with E-state index in [9.17, 15) is 44.4 Å². The van der Waals surface area contributed by atoms with Crippen LogP contribution in [0.5, 0.6) is 0 Å². The average molecular weight is 1070 g/mol. The van der Waals surface area contributed by atoms with Gasteiger partial charge in [0.25, 0.3) is 0 Å². The summed E-state index contributed by atoms with van der Waals surface area (Å²) in [5, 5.41) is 48.7. The first kappa shape index (κ1) is 66.0. The predicted octanol–water partition coefficient (Wildman–Crippen LogP) is -3.95. The summed E-state index contributed by atoms with van der Waals surface area (Å²) < 4.78 is 0. The fourth-order valence-corrected chi connectivity index (χ4v) is 5.11. The van der Waals surface area contributed by atoms with E-state index in [-0.39, 0.29) is 104 Å². The zero-order valence-corrected chi connectivity index (χ0v) is 41.9. The maximum atomic E-state index is 10.2. The van der Waals surface area contributed by atoms with Crippen LogP contribution >= 0.6 is 0 Å². The molecule has 0 amide bonds. The van der Waals surface area contributed by atoms with Gasteiger partial charge in [0.2, 0.25) is 0 Å². The molecule has 21 heteroatoms. The Kier molecular flexibility index (Phi) is 39.0. The van der Waals surface area contributed by atoms with Crippen molar-refractivity contribution in [3.05, 3.63) is 179 Å². The standard InChI is InChI=1S/5C7H6O2.C6H12N4.2Cd.5H2O/c5*8-7(9)6-4-2-1-3-5-6;1-7-2-9-4-8(1)5-10(3-7)6-9;;;;;;;/h5*1-5H,(H,8,9);1-6H2;;;5*1H2/q;;;;;;2*+2;;;;;. The van der Waals surface area contributed by atoms with Crippen molar-refractivity contribution in [1.82, 2.24) is 19.6 Å². The van der Waals surface area contributed by atoms with Gasteiger partial charge in [-0.3, -0.25) is 19.6 Å². The van der Waals surface area contributed by atoms with Gasteiger partial charge in [-0.1, -0.05) is 140 Å². The SMILES string of the molecule is C1N2CN3CN1CN(C2)C3.O.O=C(O)c1ccccc1.O=C([O-])c1ccccc1.O=C([O-])c1ccccc1.O=C([O-])c1ccccc1.O=C([O-])c1ccccc1.[Cd+2].[Cd+2].[OH3+].[OH3+].[OH3+].[OH3+]. The molecule has 4 aliphatic rings. The van der Waals surface area contributed by atoms with Gasteiger partial charge >= 0.3 is 60.6 Å². The van der Waals surface area contributed by atoms with Crippen LogP contribution in [0.3, 0.4) is 0 Å². The molecule has 62 heavy (non-hydrogen) atoms. The van der Waals surface area contributed by atoms with Crippen molar-refractivity contribution in [3.63, 3.8) is 0 Å². The van der Waals surface area contributed by atoms with Gasteiger partial charge in [-0.05, 0) is 34.4 Å². The molecule has 0 aromatic heterocycles. The molecule has 0 unspecified atom stereocenters. The molecule has 0 aliphatic carbocycles. The van der Waals surface area contributed by atoms with Gasteiger partial charge < -0.3 is 72.1 Å². The van der Waals surface area contributed by atoms with E-state index in [1.54, 1.807) is 103 Å². The number of aromatic carboxylic acids is 5. The Balaban J connectivity index is -0.000000205. The van der Waals surface area contributed by atoms with Gasteiger partial charge in [-0.15, -0.1) is 0 Å². The molecule has 0 atom stereocenters. The van der Waals surface area contributed by atoms with Gasteiger partial charge in [-0.2, -0.15) is 0 Å². The smallest absolute Gasteiger partial charge is 0.545 e. The van der Waals surface area contributed by atoms with Crippen LogP contribution in [0, 0.1) is 0 Å². The van der Waals surface area contributed by atoms with Gasteiger partial charge in [0, 0.05) is 0 Å². The Labute approximate surface area is 397 Å². The minimum Gasteiger partial charge on any atom is -0.545 e. The van der Waals surface area contributed by atoms with Gasteiger partial charge in [0.1, 0.15) is 0 Å². The molecule has 0 saturated carbocycles. The Morgan fingerprint density at radius 3 is 0.581 bits per heavy atom. The molecule has 0 spiro atoms. The van der Waals surface area contributed by atoms with E-state index < -0.39 is 29.8 Å². The van der Waals surface area contributed by atoms with Crippen molar-refractivity contribution in [2.45, 2.75) is 0 Å². The van der Waals surface area contributed by atoms with E-state index in [2.05, 4.69) is 19.6 Å². The molecule has 5 aromatic rings. The number of carbonyl (C=O) groups excluding carboxylic acids is 4. The molecule has 5 aromatic carbocycles. The summed E-state index contributed by atoms with van der Waals surface area (Å²) in [6.45, 7) is 7.12. The van der Waals surface area contributed by atoms with Crippen LogP contribution in [0.25, 0.3) is 0 Å². The third-order valence-corrected chi connectivity index (χ3v) is 7.46. The number of rotatable bonds is 5. The van der Waals surface area contributed by atoms with E-state index in [1.165, 1.54) is 88.5 Å². The Hall–Kier alpha value is -5.07. The second-order valence-electron chi connectivity index (χ2n) is 11.8. The van der Waals surface area contributed by atoms with E-state index in [1.807, 2.05) is 0 Å². The second-order valence-corrected chi connectivity index (χ2v) is 11.8.